The van der Waals surface area contributed by atoms with Crippen LogP contribution in [0.5, 0.6) is 0 Å². The maximum atomic E-state index is 12.1. The third kappa shape index (κ3) is 6.06. The summed E-state index contributed by atoms with van der Waals surface area (Å²) in [6, 6.07) is 12.0. The van der Waals surface area contributed by atoms with Gasteiger partial charge in [0.05, 0.1) is 0 Å². The molecule has 2 N–H and O–H groups in total. The van der Waals surface area contributed by atoms with E-state index in [1.54, 1.807) is 12.3 Å². The van der Waals surface area contributed by atoms with Crippen molar-refractivity contribution in [1.82, 2.24) is 15.3 Å². The summed E-state index contributed by atoms with van der Waals surface area (Å²) in [5, 5.41) is 6.07. The van der Waals surface area contributed by atoms with Crippen molar-refractivity contribution >= 4 is 11.9 Å². The van der Waals surface area contributed by atoms with Crippen LogP contribution in [0.15, 0.2) is 42.6 Å². The minimum Gasteiger partial charge on any atom is -0.354 e. The van der Waals surface area contributed by atoms with Gasteiger partial charge in [-0.1, -0.05) is 30.3 Å². The number of nitrogens with zero attached hydrogens (tertiary/aromatic N) is 2. The standard InChI is InChI=1S/C18H24N4O/c1-18(2,3)22-16(23)15-11-13-20-17(21-15)19-12-7-10-14-8-5-4-6-9-14/h4-6,8-9,11,13H,7,10,12H2,1-3H3,(H,22,23)(H,19,20,21). The molecule has 0 atom stereocenters. The number of anilines is 1. The predicted molar refractivity (Wildman–Crippen MR) is 92.5 cm³/mol. The van der Waals surface area contributed by atoms with E-state index in [1.165, 1.54) is 5.56 Å². The number of hydrogen-bond donors (Lipinski definition) is 2. The van der Waals surface area contributed by atoms with Crippen LogP contribution in [0.25, 0.3) is 0 Å². The Labute approximate surface area is 137 Å². The van der Waals surface area contributed by atoms with Crippen LogP contribution in [0.2, 0.25) is 0 Å². The third-order valence-electron chi connectivity index (χ3n) is 3.14. The minimum atomic E-state index is -0.286. The quantitative estimate of drug-likeness (QED) is 0.805. The molecule has 0 aliphatic heterocycles. The Morgan fingerprint density at radius 3 is 2.57 bits per heavy atom. The van der Waals surface area contributed by atoms with Crippen molar-refractivity contribution in [3.8, 4) is 0 Å². The molecule has 1 aromatic carbocycles. The van der Waals surface area contributed by atoms with Gasteiger partial charge in [0.2, 0.25) is 5.95 Å². The van der Waals surface area contributed by atoms with Gasteiger partial charge in [0.15, 0.2) is 0 Å². The first kappa shape index (κ1) is 16.9. The van der Waals surface area contributed by atoms with Crippen LogP contribution in [-0.2, 0) is 6.42 Å². The lowest BCUT2D eigenvalue weighted by molar-refractivity contribution is 0.0914. The molecule has 0 bridgehead atoms. The Morgan fingerprint density at radius 1 is 1.13 bits per heavy atom. The van der Waals surface area contributed by atoms with Crippen molar-refractivity contribution in [2.24, 2.45) is 0 Å². The molecule has 0 aliphatic rings. The fraction of sp³-hybridized carbons (Fsp3) is 0.389. The van der Waals surface area contributed by atoms with Crippen LogP contribution in [0.3, 0.4) is 0 Å². The van der Waals surface area contributed by atoms with Gasteiger partial charge < -0.3 is 10.6 Å². The van der Waals surface area contributed by atoms with Gasteiger partial charge >= 0.3 is 0 Å². The SMILES string of the molecule is CC(C)(C)NC(=O)c1ccnc(NCCCc2ccccc2)n1. The van der Waals surface area contributed by atoms with Gasteiger partial charge in [0.1, 0.15) is 5.69 Å². The summed E-state index contributed by atoms with van der Waals surface area (Å²) < 4.78 is 0. The van der Waals surface area contributed by atoms with Crippen molar-refractivity contribution in [3.05, 3.63) is 53.9 Å². The molecule has 0 unspecified atom stereocenters. The minimum absolute atomic E-state index is 0.188. The van der Waals surface area contributed by atoms with Crippen LogP contribution < -0.4 is 10.6 Å². The number of amides is 1. The third-order valence-corrected chi connectivity index (χ3v) is 3.14. The number of aromatic nitrogens is 2. The molecule has 2 aromatic rings. The molecule has 122 valence electrons. The molecule has 0 saturated carbocycles. The monoisotopic (exact) mass is 312 g/mol. The number of benzene rings is 1. The highest BCUT2D eigenvalue weighted by atomic mass is 16.2. The van der Waals surface area contributed by atoms with Crippen molar-refractivity contribution in [1.29, 1.82) is 0 Å². The van der Waals surface area contributed by atoms with Crippen LogP contribution in [0.4, 0.5) is 5.95 Å². The maximum Gasteiger partial charge on any atom is 0.270 e. The van der Waals surface area contributed by atoms with Crippen LogP contribution >= 0.6 is 0 Å². The maximum absolute atomic E-state index is 12.1. The molecule has 0 aliphatic carbocycles. The molecular formula is C18H24N4O. The summed E-state index contributed by atoms with van der Waals surface area (Å²) in [6.07, 6.45) is 3.58. The summed E-state index contributed by atoms with van der Waals surface area (Å²) in [5.74, 6) is 0.298. The highest BCUT2D eigenvalue weighted by Crippen LogP contribution is 2.06. The highest BCUT2D eigenvalue weighted by Gasteiger charge is 2.16. The van der Waals surface area contributed by atoms with E-state index in [2.05, 4.69) is 32.7 Å². The molecule has 0 fully saturated rings. The molecule has 5 heteroatoms. The number of carbonyl (C=O) groups excluding carboxylic acids is 1. The topological polar surface area (TPSA) is 66.9 Å². The van der Waals surface area contributed by atoms with Crippen molar-refractivity contribution in [3.63, 3.8) is 0 Å². The molecule has 0 radical (unpaired) electrons. The van der Waals surface area contributed by atoms with E-state index < -0.39 is 0 Å². The first-order valence-corrected chi connectivity index (χ1v) is 7.87. The summed E-state index contributed by atoms with van der Waals surface area (Å²) in [7, 11) is 0. The molecule has 0 spiro atoms. The average Bonchev–Trinajstić information content (AvgIpc) is 2.51. The average molecular weight is 312 g/mol. The second kappa shape index (κ2) is 7.72. The second-order valence-electron chi connectivity index (χ2n) is 6.49. The molecule has 0 saturated heterocycles. The lowest BCUT2D eigenvalue weighted by Gasteiger charge is -2.20. The molecule has 1 amide bonds. The number of nitrogens with one attached hydrogen (secondary N) is 2. The molecular weight excluding hydrogens is 288 g/mol. The number of aryl methyl sites for hydroxylation is 1. The van der Waals surface area contributed by atoms with Gasteiger partial charge in [-0.25, -0.2) is 9.97 Å². The molecule has 1 heterocycles. The van der Waals surface area contributed by atoms with E-state index in [-0.39, 0.29) is 11.4 Å². The van der Waals surface area contributed by atoms with Gasteiger partial charge in [-0.15, -0.1) is 0 Å². The zero-order chi connectivity index (χ0) is 16.7. The van der Waals surface area contributed by atoms with Crippen molar-refractivity contribution in [2.75, 3.05) is 11.9 Å². The summed E-state index contributed by atoms with van der Waals surface area (Å²) in [5.41, 5.74) is 1.40. The Hall–Kier alpha value is -2.43. The fourth-order valence-corrected chi connectivity index (χ4v) is 2.11. The Bertz CT molecular complexity index is 635. The molecule has 2 rings (SSSR count). The van der Waals surface area contributed by atoms with Gasteiger partial charge in [0.25, 0.3) is 5.91 Å². The summed E-state index contributed by atoms with van der Waals surface area (Å²) in [4.78, 5) is 20.5. The van der Waals surface area contributed by atoms with Gasteiger partial charge in [-0.05, 0) is 45.2 Å². The fourth-order valence-electron chi connectivity index (χ4n) is 2.11. The van der Waals surface area contributed by atoms with Gasteiger partial charge in [0, 0.05) is 18.3 Å². The van der Waals surface area contributed by atoms with Crippen LogP contribution in [0.1, 0.15) is 43.2 Å². The molecule has 5 nitrogen and oxygen atoms in total. The van der Waals surface area contributed by atoms with E-state index in [0.717, 1.165) is 19.4 Å². The van der Waals surface area contributed by atoms with E-state index >= 15 is 0 Å². The Kier molecular flexibility index (Phi) is 5.68. The lowest BCUT2D eigenvalue weighted by Crippen LogP contribution is -2.41. The second-order valence-corrected chi connectivity index (χ2v) is 6.49. The molecule has 23 heavy (non-hydrogen) atoms. The van der Waals surface area contributed by atoms with Crippen molar-refractivity contribution < 1.29 is 4.79 Å². The normalized spacial score (nSPS) is 11.1. The van der Waals surface area contributed by atoms with E-state index in [1.807, 2.05) is 39.0 Å². The summed E-state index contributed by atoms with van der Waals surface area (Å²) >= 11 is 0. The van der Waals surface area contributed by atoms with Gasteiger partial charge in [-0.2, -0.15) is 0 Å². The number of rotatable bonds is 6. The smallest absolute Gasteiger partial charge is 0.270 e. The van der Waals surface area contributed by atoms with Crippen molar-refractivity contribution in [2.45, 2.75) is 39.2 Å². The van der Waals surface area contributed by atoms with E-state index in [9.17, 15) is 4.79 Å². The van der Waals surface area contributed by atoms with Gasteiger partial charge in [-0.3, -0.25) is 4.79 Å². The summed E-state index contributed by atoms with van der Waals surface area (Å²) in [6.45, 7) is 6.58. The first-order valence-electron chi connectivity index (χ1n) is 7.87. The van der Waals surface area contributed by atoms with E-state index in [0.29, 0.717) is 11.6 Å². The Balaban J connectivity index is 1.84. The zero-order valence-electron chi connectivity index (χ0n) is 14.0. The lowest BCUT2D eigenvalue weighted by atomic mass is 10.1. The highest BCUT2D eigenvalue weighted by molar-refractivity contribution is 5.92. The number of carbonyl (C=O) groups is 1. The first-order chi connectivity index (χ1) is 10.9. The Morgan fingerprint density at radius 2 is 1.87 bits per heavy atom. The zero-order valence-corrected chi connectivity index (χ0v) is 14.0. The van der Waals surface area contributed by atoms with Crippen LogP contribution in [0, 0.1) is 0 Å². The number of hydrogen-bond acceptors (Lipinski definition) is 4. The largest absolute Gasteiger partial charge is 0.354 e. The predicted octanol–water partition coefficient (Wildman–Crippen LogP) is 3.05. The molecule has 1 aromatic heterocycles. The van der Waals surface area contributed by atoms with Crippen LogP contribution in [-0.4, -0.2) is 28.0 Å². The van der Waals surface area contributed by atoms with E-state index in [4.69, 9.17) is 0 Å².